The molecule has 0 bridgehead atoms. The molecule has 3 heterocycles. The van der Waals surface area contributed by atoms with Gasteiger partial charge in [-0.25, -0.2) is 0 Å². The summed E-state index contributed by atoms with van der Waals surface area (Å²) >= 11 is 0. The minimum atomic E-state index is -3.40. The maximum absolute atomic E-state index is 12.7. The third-order valence-electron chi connectivity index (χ3n) is 6.17. The van der Waals surface area contributed by atoms with Crippen LogP contribution >= 0.6 is 0 Å². The fraction of sp³-hybridized carbons (Fsp3) is 0.591. The van der Waals surface area contributed by atoms with Crippen LogP contribution < -0.4 is 0 Å². The highest BCUT2D eigenvalue weighted by Crippen LogP contribution is 2.21. The first kappa shape index (κ1) is 22.9. The molecule has 2 fully saturated rings. The van der Waals surface area contributed by atoms with Crippen LogP contribution in [0.2, 0.25) is 0 Å². The normalized spacial score (nSPS) is 18.5. The van der Waals surface area contributed by atoms with E-state index < -0.39 is 10.2 Å². The molecule has 0 atom stereocenters. The maximum Gasteiger partial charge on any atom is 0.282 e. The Morgan fingerprint density at radius 3 is 2.25 bits per heavy atom. The topological polar surface area (TPSA) is 99.8 Å². The predicted octanol–water partition coefficient (Wildman–Crippen LogP) is 2.28. The smallest absolute Gasteiger partial charge is 0.282 e. The zero-order chi connectivity index (χ0) is 22.7. The summed E-state index contributed by atoms with van der Waals surface area (Å²) < 4.78 is 33.7. The standard InChI is InChI=1S/C22H31N5O4S/c1-17(2)18-5-7-19(8-6-18)22-23-20(31-24-22)9-10-21(28)25-13-15-27(16-14-25)32(29,30)26-11-3-4-12-26/h5-8,17H,3-4,9-16H2,1-2H3. The summed E-state index contributed by atoms with van der Waals surface area (Å²) in [4.78, 5) is 18.8. The van der Waals surface area contributed by atoms with Crippen molar-refractivity contribution in [3.63, 3.8) is 0 Å². The van der Waals surface area contributed by atoms with Crippen LogP contribution in [0.25, 0.3) is 11.4 Å². The molecule has 9 nitrogen and oxygen atoms in total. The Kier molecular flexibility index (Phi) is 6.92. The van der Waals surface area contributed by atoms with E-state index >= 15 is 0 Å². The summed E-state index contributed by atoms with van der Waals surface area (Å²) in [5, 5.41) is 4.04. The van der Waals surface area contributed by atoms with Crippen LogP contribution in [-0.2, 0) is 21.4 Å². The van der Waals surface area contributed by atoms with Crippen molar-refractivity contribution >= 4 is 16.1 Å². The van der Waals surface area contributed by atoms with Gasteiger partial charge in [-0.15, -0.1) is 0 Å². The number of rotatable bonds is 7. The van der Waals surface area contributed by atoms with Gasteiger partial charge in [-0.05, 0) is 24.3 Å². The van der Waals surface area contributed by atoms with Crippen molar-refractivity contribution in [1.29, 1.82) is 0 Å². The van der Waals surface area contributed by atoms with E-state index in [2.05, 4.69) is 36.1 Å². The van der Waals surface area contributed by atoms with E-state index in [1.54, 1.807) is 9.21 Å². The zero-order valence-electron chi connectivity index (χ0n) is 18.7. The Hall–Kier alpha value is -2.30. The first-order chi connectivity index (χ1) is 15.3. The molecule has 2 aromatic rings. The van der Waals surface area contributed by atoms with Gasteiger partial charge in [0.15, 0.2) is 0 Å². The minimum Gasteiger partial charge on any atom is -0.340 e. The van der Waals surface area contributed by atoms with Crippen LogP contribution in [0.15, 0.2) is 28.8 Å². The van der Waals surface area contributed by atoms with Crippen molar-refractivity contribution in [3.05, 3.63) is 35.7 Å². The van der Waals surface area contributed by atoms with Crippen molar-refractivity contribution in [2.45, 2.75) is 45.4 Å². The van der Waals surface area contributed by atoms with Gasteiger partial charge in [0.25, 0.3) is 10.2 Å². The summed E-state index contributed by atoms with van der Waals surface area (Å²) in [6, 6.07) is 8.07. The second kappa shape index (κ2) is 9.68. The first-order valence-electron chi connectivity index (χ1n) is 11.3. The van der Waals surface area contributed by atoms with E-state index in [4.69, 9.17) is 4.52 Å². The molecule has 1 aromatic carbocycles. The van der Waals surface area contributed by atoms with Gasteiger partial charge in [-0.2, -0.15) is 22.0 Å². The molecule has 0 N–H and O–H groups in total. The second-order valence-electron chi connectivity index (χ2n) is 8.68. The molecule has 0 spiro atoms. The molecule has 4 rings (SSSR count). The summed E-state index contributed by atoms with van der Waals surface area (Å²) in [5.41, 5.74) is 2.13. The van der Waals surface area contributed by atoms with Crippen molar-refractivity contribution in [3.8, 4) is 11.4 Å². The SMILES string of the molecule is CC(C)c1ccc(-c2noc(CCC(=O)N3CCN(S(=O)(=O)N4CCCC4)CC3)n2)cc1. The highest BCUT2D eigenvalue weighted by Gasteiger charge is 2.34. The monoisotopic (exact) mass is 461 g/mol. The minimum absolute atomic E-state index is 0.0238. The van der Waals surface area contributed by atoms with Gasteiger partial charge in [0, 0.05) is 57.7 Å². The molecule has 0 unspecified atom stereocenters. The number of piperazine rings is 1. The van der Waals surface area contributed by atoms with Gasteiger partial charge in [-0.3, -0.25) is 4.79 Å². The highest BCUT2D eigenvalue weighted by molar-refractivity contribution is 7.86. The van der Waals surface area contributed by atoms with Crippen molar-refractivity contribution in [2.24, 2.45) is 0 Å². The number of carbonyl (C=O) groups excluding carboxylic acids is 1. The maximum atomic E-state index is 12.7. The fourth-order valence-corrected chi connectivity index (χ4v) is 5.78. The first-order valence-corrected chi connectivity index (χ1v) is 12.7. The number of benzene rings is 1. The molecule has 0 radical (unpaired) electrons. The lowest BCUT2D eigenvalue weighted by molar-refractivity contribution is -0.132. The molecule has 1 aromatic heterocycles. The van der Waals surface area contributed by atoms with Crippen LogP contribution in [0.4, 0.5) is 0 Å². The molecular formula is C22H31N5O4S. The average molecular weight is 462 g/mol. The molecule has 2 aliphatic heterocycles. The number of aromatic nitrogens is 2. The quantitative estimate of drug-likeness (QED) is 0.627. The predicted molar refractivity (Wildman–Crippen MR) is 120 cm³/mol. The molecular weight excluding hydrogens is 430 g/mol. The third kappa shape index (κ3) is 5.02. The lowest BCUT2D eigenvalue weighted by Gasteiger charge is -2.35. The summed E-state index contributed by atoms with van der Waals surface area (Å²) in [6.45, 7) is 6.95. The number of amides is 1. The van der Waals surface area contributed by atoms with Gasteiger partial charge in [0.2, 0.25) is 17.6 Å². The molecule has 174 valence electrons. The molecule has 1 amide bonds. The number of aryl methyl sites for hydroxylation is 1. The summed E-state index contributed by atoms with van der Waals surface area (Å²) in [7, 11) is -3.40. The number of hydrogen-bond acceptors (Lipinski definition) is 6. The Bertz CT molecular complexity index is 1020. The number of nitrogens with zero attached hydrogens (tertiary/aromatic N) is 5. The van der Waals surface area contributed by atoms with E-state index in [1.807, 2.05) is 12.1 Å². The largest absolute Gasteiger partial charge is 0.340 e. The van der Waals surface area contributed by atoms with Gasteiger partial charge in [0.1, 0.15) is 0 Å². The summed E-state index contributed by atoms with van der Waals surface area (Å²) in [5.74, 6) is 1.38. The van der Waals surface area contributed by atoms with E-state index in [-0.39, 0.29) is 12.3 Å². The van der Waals surface area contributed by atoms with Gasteiger partial charge in [-0.1, -0.05) is 43.3 Å². The second-order valence-corrected chi connectivity index (χ2v) is 10.6. The van der Waals surface area contributed by atoms with E-state index in [9.17, 15) is 13.2 Å². The van der Waals surface area contributed by atoms with Gasteiger partial charge >= 0.3 is 0 Å². The Morgan fingerprint density at radius 1 is 1.00 bits per heavy atom. The molecule has 2 aliphatic rings. The van der Waals surface area contributed by atoms with Crippen LogP contribution in [0.1, 0.15) is 50.5 Å². The summed E-state index contributed by atoms with van der Waals surface area (Å²) in [6.07, 6.45) is 2.45. The number of carbonyl (C=O) groups is 1. The van der Waals surface area contributed by atoms with E-state index in [0.29, 0.717) is 63.3 Å². The van der Waals surface area contributed by atoms with Gasteiger partial charge < -0.3 is 9.42 Å². The fourth-order valence-electron chi connectivity index (χ4n) is 4.11. The van der Waals surface area contributed by atoms with E-state index in [1.165, 1.54) is 9.87 Å². The highest BCUT2D eigenvalue weighted by atomic mass is 32.2. The van der Waals surface area contributed by atoms with Crippen molar-refractivity contribution < 1.29 is 17.7 Å². The molecule has 2 saturated heterocycles. The lowest BCUT2D eigenvalue weighted by atomic mass is 10.0. The van der Waals surface area contributed by atoms with Crippen LogP contribution in [0, 0.1) is 0 Å². The molecule has 32 heavy (non-hydrogen) atoms. The van der Waals surface area contributed by atoms with Crippen molar-refractivity contribution in [2.75, 3.05) is 39.3 Å². The Morgan fingerprint density at radius 2 is 1.62 bits per heavy atom. The number of hydrogen-bond donors (Lipinski definition) is 0. The van der Waals surface area contributed by atoms with Crippen LogP contribution in [-0.4, -0.2) is 77.2 Å². The molecule has 0 saturated carbocycles. The zero-order valence-corrected chi connectivity index (χ0v) is 19.6. The molecule has 10 heteroatoms. The van der Waals surface area contributed by atoms with Crippen LogP contribution in [0.3, 0.4) is 0 Å². The van der Waals surface area contributed by atoms with Crippen LogP contribution in [0.5, 0.6) is 0 Å². The Balaban J connectivity index is 1.27. The third-order valence-corrected chi connectivity index (χ3v) is 8.20. The van der Waals surface area contributed by atoms with E-state index in [0.717, 1.165) is 18.4 Å². The Labute approximate surface area is 189 Å². The van der Waals surface area contributed by atoms with Gasteiger partial charge in [0.05, 0.1) is 0 Å². The lowest BCUT2D eigenvalue weighted by Crippen LogP contribution is -2.53. The average Bonchev–Trinajstić information content (AvgIpc) is 3.50. The molecule has 0 aliphatic carbocycles. The van der Waals surface area contributed by atoms with Crippen molar-refractivity contribution in [1.82, 2.24) is 23.7 Å².